The summed E-state index contributed by atoms with van der Waals surface area (Å²) < 4.78 is 13.3. The maximum atomic E-state index is 12.7. The summed E-state index contributed by atoms with van der Waals surface area (Å²) in [4.78, 5) is 4.27. The number of benzene rings is 1. The van der Waals surface area contributed by atoms with Gasteiger partial charge in [-0.05, 0) is 24.3 Å². The normalized spacial score (nSPS) is 10.6. The molecule has 15 heavy (non-hydrogen) atoms. The Morgan fingerprint density at radius 3 is 2.53 bits per heavy atom. The highest BCUT2D eigenvalue weighted by Crippen LogP contribution is 2.31. The van der Waals surface area contributed by atoms with E-state index in [0.29, 0.717) is 16.6 Å². The van der Waals surface area contributed by atoms with E-state index in [4.69, 9.17) is 17.3 Å². The van der Waals surface area contributed by atoms with Crippen molar-refractivity contribution in [3.63, 3.8) is 0 Å². The molecule has 0 unspecified atom stereocenters. The van der Waals surface area contributed by atoms with Crippen molar-refractivity contribution < 1.29 is 4.39 Å². The largest absolute Gasteiger partial charge is 0.325 e. The first-order valence-corrected chi connectivity index (χ1v) is 5.51. The second-order valence-electron chi connectivity index (χ2n) is 2.95. The molecule has 0 aliphatic heterocycles. The molecule has 0 aliphatic rings. The molecule has 1 aromatic carbocycles. The molecule has 0 amide bonds. The zero-order chi connectivity index (χ0) is 10.8. The molecular formula is C10H8ClFN2S. The summed E-state index contributed by atoms with van der Waals surface area (Å²) in [5.74, 6) is -0.263. The number of hydrogen-bond donors (Lipinski definition) is 1. The van der Waals surface area contributed by atoms with Gasteiger partial charge in [0.05, 0.1) is 5.69 Å². The molecule has 2 aromatic rings. The van der Waals surface area contributed by atoms with Crippen molar-refractivity contribution in [3.05, 3.63) is 40.1 Å². The fourth-order valence-corrected chi connectivity index (χ4v) is 2.34. The van der Waals surface area contributed by atoms with E-state index in [-0.39, 0.29) is 5.82 Å². The summed E-state index contributed by atoms with van der Waals surface area (Å²) in [5.41, 5.74) is 7.00. The Morgan fingerprint density at radius 2 is 2.00 bits per heavy atom. The van der Waals surface area contributed by atoms with Crippen LogP contribution in [0.5, 0.6) is 0 Å². The summed E-state index contributed by atoms with van der Waals surface area (Å²) in [7, 11) is 0. The van der Waals surface area contributed by atoms with Crippen LogP contribution in [0.4, 0.5) is 4.39 Å². The standard InChI is InChI=1S/C10H8ClFN2S/c11-9-8(5-13)14-10(15-9)6-1-3-7(12)4-2-6/h1-4H,5,13H2. The van der Waals surface area contributed by atoms with Gasteiger partial charge in [0.1, 0.15) is 15.2 Å². The number of nitrogens with two attached hydrogens (primary N) is 1. The lowest BCUT2D eigenvalue weighted by atomic mass is 10.2. The van der Waals surface area contributed by atoms with E-state index in [9.17, 15) is 4.39 Å². The SMILES string of the molecule is NCc1nc(-c2ccc(F)cc2)sc1Cl. The molecule has 0 saturated carbocycles. The number of hydrogen-bond acceptors (Lipinski definition) is 3. The van der Waals surface area contributed by atoms with Gasteiger partial charge in [-0.1, -0.05) is 11.6 Å². The van der Waals surface area contributed by atoms with E-state index in [1.54, 1.807) is 12.1 Å². The van der Waals surface area contributed by atoms with Crippen LogP contribution in [-0.2, 0) is 6.54 Å². The van der Waals surface area contributed by atoms with E-state index in [1.165, 1.54) is 23.5 Å². The average molecular weight is 243 g/mol. The van der Waals surface area contributed by atoms with Gasteiger partial charge in [0, 0.05) is 12.1 Å². The minimum Gasteiger partial charge on any atom is -0.325 e. The first kappa shape index (κ1) is 10.5. The summed E-state index contributed by atoms with van der Waals surface area (Å²) in [5, 5.41) is 0.764. The first-order valence-electron chi connectivity index (χ1n) is 4.32. The van der Waals surface area contributed by atoms with Gasteiger partial charge in [0.2, 0.25) is 0 Å². The highest BCUT2D eigenvalue weighted by Gasteiger charge is 2.09. The quantitative estimate of drug-likeness (QED) is 0.879. The van der Waals surface area contributed by atoms with Crippen molar-refractivity contribution in [2.75, 3.05) is 0 Å². The van der Waals surface area contributed by atoms with Gasteiger partial charge in [-0.3, -0.25) is 0 Å². The zero-order valence-corrected chi connectivity index (χ0v) is 9.28. The molecule has 0 spiro atoms. The van der Waals surface area contributed by atoms with E-state index < -0.39 is 0 Å². The van der Waals surface area contributed by atoms with Crippen LogP contribution in [0.2, 0.25) is 4.34 Å². The Balaban J connectivity index is 2.41. The van der Waals surface area contributed by atoms with Gasteiger partial charge >= 0.3 is 0 Å². The van der Waals surface area contributed by atoms with Gasteiger partial charge in [-0.15, -0.1) is 11.3 Å². The molecule has 0 aliphatic carbocycles. The molecule has 1 aromatic heterocycles. The number of nitrogens with zero attached hydrogens (tertiary/aromatic N) is 1. The van der Waals surface area contributed by atoms with E-state index >= 15 is 0 Å². The van der Waals surface area contributed by atoms with Crippen LogP contribution in [-0.4, -0.2) is 4.98 Å². The fraction of sp³-hybridized carbons (Fsp3) is 0.100. The second-order valence-corrected chi connectivity index (χ2v) is 4.55. The number of halogens is 2. The van der Waals surface area contributed by atoms with E-state index in [0.717, 1.165) is 10.6 Å². The third-order valence-corrected chi connectivity index (χ3v) is 3.32. The predicted octanol–water partition coefficient (Wildman–Crippen LogP) is 3.06. The molecule has 5 heteroatoms. The molecular weight excluding hydrogens is 235 g/mol. The van der Waals surface area contributed by atoms with Gasteiger partial charge in [-0.2, -0.15) is 0 Å². The van der Waals surface area contributed by atoms with Crippen molar-refractivity contribution >= 4 is 22.9 Å². The summed E-state index contributed by atoms with van der Waals surface area (Å²) in [6.07, 6.45) is 0. The van der Waals surface area contributed by atoms with Crippen molar-refractivity contribution in [2.24, 2.45) is 5.73 Å². The molecule has 0 bridgehead atoms. The molecule has 2 nitrogen and oxygen atoms in total. The highest BCUT2D eigenvalue weighted by molar-refractivity contribution is 7.19. The Morgan fingerprint density at radius 1 is 1.33 bits per heavy atom. The average Bonchev–Trinajstić information content (AvgIpc) is 2.61. The van der Waals surface area contributed by atoms with Crippen molar-refractivity contribution in [3.8, 4) is 10.6 Å². The minimum atomic E-state index is -0.263. The zero-order valence-electron chi connectivity index (χ0n) is 7.71. The molecule has 0 atom stereocenters. The number of rotatable bonds is 2. The Labute approximate surface area is 95.5 Å². The van der Waals surface area contributed by atoms with Crippen molar-refractivity contribution in [1.29, 1.82) is 0 Å². The lowest BCUT2D eigenvalue weighted by molar-refractivity contribution is 0.628. The Kier molecular flexibility index (Phi) is 3.00. The van der Waals surface area contributed by atoms with Crippen LogP contribution in [0.15, 0.2) is 24.3 Å². The van der Waals surface area contributed by atoms with Crippen LogP contribution in [0.3, 0.4) is 0 Å². The summed E-state index contributed by atoms with van der Waals surface area (Å²) >= 11 is 7.28. The van der Waals surface area contributed by atoms with Gasteiger partial charge in [-0.25, -0.2) is 9.37 Å². The second kappa shape index (κ2) is 4.26. The Bertz CT molecular complexity index is 467. The maximum absolute atomic E-state index is 12.7. The molecule has 0 radical (unpaired) electrons. The van der Waals surface area contributed by atoms with E-state index in [1.807, 2.05) is 0 Å². The molecule has 2 rings (SSSR count). The lowest BCUT2D eigenvalue weighted by Crippen LogP contribution is -1.96. The predicted molar refractivity (Wildman–Crippen MR) is 60.4 cm³/mol. The van der Waals surface area contributed by atoms with Gasteiger partial charge < -0.3 is 5.73 Å². The van der Waals surface area contributed by atoms with Crippen LogP contribution in [0.1, 0.15) is 5.69 Å². The third kappa shape index (κ3) is 2.17. The smallest absolute Gasteiger partial charge is 0.125 e. The molecule has 2 N–H and O–H groups in total. The summed E-state index contributed by atoms with van der Waals surface area (Å²) in [6.45, 7) is 0.316. The minimum absolute atomic E-state index is 0.263. The topological polar surface area (TPSA) is 38.9 Å². The first-order chi connectivity index (χ1) is 7.20. The maximum Gasteiger partial charge on any atom is 0.125 e. The number of thiazole rings is 1. The molecule has 0 fully saturated rings. The van der Waals surface area contributed by atoms with Crippen LogP contribution < -0.4 is 5.73 Å². The summed E-state index contributed by atoms with van der Waals surface area (Å²) in [6, 6.07) is 6.13. The lowest BCUT2D eigenvalue weighted by Gasteiger charge is -1.94. The van der Waals surface area contributed by atoms with Crippen LogP contribution >= 0.6 is 22.9 Å². The van der Waals surface area contributed by atoms with Crippen molar-refractivity contribution in [1.82, 2.24) is 4.98 Å². The van der Waals surface area contributed by atoms with Crippen LogP contribution in [0.25, 0.3) is 10.6 Å². The highest BCUT2D eigenvalue weighted by atomic mass is 35.5. The molecule has 1 heterocycles. The van der Waals surface area contributed by atoms with E-state index in [2.05, 4.69) is 4.98 Å². The van der Waals surface area contributed by atoms with Gasteiger partial charge in [0.15, 0.2) is 0 Å². The van der Waals surface area contributed by atoms with Crippen LogP contribution in [0, 0.1) is 5.82 Å². The fourth-order valence-electron chi connectivity index (χ4n) is 1.17. The van der Waals surface area contributed by atoms with Gasteiger partial charge in [0.25, 0.3) is 0 Å². The molecule has 0 saturated heterocycles. The van der Waals surface area contributed by atoms with Crippen molar-refractivity contribution in [2.45, 2.75) is 6.54 Å². The monoisotopic (exact) mass is 242 g/mol. The Hall–Kier alpha value is -0.970. The molecule has 78 valence electrons. The third-order valence-electron chi connectivity index (χ3n) is 1.93. The number of aromatic nitrogens is 1.